The van der Waals surface area contributed by atoms with Crippen LogP contribution in [0.1, 0.15) is 23.1 Å². The molecule has 21 heavy (non-hydrogen) atoms. The third-order valence-electron chi connectivity index (χ3n) is 4.45. The molecule has 1 aromatic rings. The number of aliphatic carboxylic acids is 1. The standard InChI is InChI=1S/C16H22N2O3/c1-21-15-8-12-4-2-3-11(12)7-13(15)9-18-6-5-17-14(10-18)16(19)20/h7-8,14,17H,2-6,9-10H2,1H3,(H,19,20). The topological polar surface area (TPSA) is 61.8 Å². The van der Waals surface area contributed by atoms with Gasteiger partial charge in [-0.25, -0.2) is 0 Å². The first-order valence-corrected chi connectivity index (χ1v) is 7.54. The predicted octanol–water partition coefficient (Wildman–Crippen LogP) is 1.04. The monoisotopic (exact) mass is 290 g/mol. The zero-order valence-electron chi connectivity index (χ0n) is 12.4. The molecule has 1 atom stereocenters. The van der Waals surface area contributed by atoms with Crippen LogP contribution in [0.25, 0.3) is 0 Å². The van der Waals surface area contributed by atoms with Gasteiger partial charge in [0.2, 0.25) is 0 Å². The minimum Gasteiger partial charge on any atom is -0.496 e. The number of rotatable bonds is 4. The van der Waals surface area contributed by atoms with Gasteiger partial charge >= 0.3 is 5.97 Å². The molecule has 0 radical (unpaired) electrons. The van der Waals surface area contributed by atoms with Crippen molar-refractivity contribution in [1.29, 1.82) is 0 Å². The number of carboxylic acids is 1. The number of methoxy groups -OCH3 is 1. The van der Waals surface area contributed by atoms with Gasteiger partial charge in [-0.15, -0.1) is 0 Å². The van der Waals surface area contributed by atoms with Crippen molar-refractivity contribution in [3.05, 3.63) is 28.8 Å². The van der Waals surface area contributed by atoms with Crippen LogP contribution in [0.3, 0.4) is 0 Å². The fourth-order valence-electron chi connectivity index (χ4n) is 3.33. The van der Waals surface area contributed by atoms with E-state index in [2.05, 4.69) is 22.3 Å². The van der Waals surface area contributed by atoms with E-state index in [0.29, 0.717) is 13.1 Å². The molecule has 2 aliphatic rings. The zero-order valence-corrected chi connectivity index (χ0v) is 12.4. The van der Waals surface area contributed by atoms with Crippen LogP contribution < -0.4 is 10.1 Å². The normalized spacial score (nSPS) is 22.0. The van der Waals surface area contributed by atoms with Crippen molar-refractivity contribution < 1.29 is 14.6 Å². The molecule has 1 aromatic carbocycles. The van der Waals surface area contributed by atoms with Gasteiger partial charge in [0.1, 0.15) is 11.8 Å². The molecule has 5 nitrogen and oxygen atoms in total. The van der Waals surface area contributed by atoms with E-state index in [1.54, 1.807) is 7.11 Å². The molecule has 0 saturated carbocycles. The summed E-state index contributed by atoms with van der Waals surface area (Å²) in [4.78, 5) is 13.3. The van der Waals surface area contributed by atoms with E-state index < -0.39 is 12.0 Å². The lowest BCUT2D eigenvalue weighted by Crippen LogP contribution is -2.53. The maximum absolute atomic E-state index is 11.1. The van der Waals surface area contributed by atoms with Crippen LogP contribution >= 0.6 is 0 Å². The van der Waals surface area contributed by atoms with Gasteiger partial charge < -0.3 is 15.2 Å². The van der Waals surface area contributed by atoms with E-state index in [9.17, 15) is 4.79 Å². The van der Waals surface area contributed by atoms with Crippen LogP contribution in [-0.4, -0.2) is 48.8 Å². The minimum atomic E-state index is -0.777. The van der Waals surface area contributed by atoms with Crippen LogP contribution in [0.15, 0.2) is 12.1 Å². The largest absolute Gasteiger partial charge is 0.496 e. The molecule has 1 unspecified atom stereocenters. The summed E-state index contributed by atoms with van der Waals surface area (Å²) in [6.07, 6.45) is 3.50. The molecule has 114 valence electrons. The maximum atomic E-state index is 11.1. The number of carbonyl (C=O) groups is 1. The second-order valence-electron chi connectivity index (χ2n) is 5.87. The van der Waals surface area contributed by atoms with Crippen molar-refractivity contribution in [2.45, 2.75) is 31.8 Å². The Balaban J connectivity index is 1.76. The Hall–Kier alpha value is -1.59. The summed E-state index contributed by atoms with van der Waals surface area (Å²) >= 11 is 0. The first-order chi connectivity index (χ1) is 10.2. The third kappa shape index (κ3) is 3.04. The lowest BCUT2D eigenvalue weighted by molar-refractivity contribution is -0.140. The number of ether oxygens (including phenoxy) is 1. The summed E-state index contributed by atoms with van der Waals surface area (Å²) in [6, 6.07) is 3.94. The average molecular weight is 290 g/mol. The van der Waals surface area contributed by atoms with Gasteiger partial charge in [0.25, 0.3) is 0 Å². The molecule has 0 spiro atoms. The molecule has 1 aliphatic heterocycles. The average Bonchev–Trinajstić information content (AvgIpc) is 2.93. The van der Waals surface area contributed by atoms with Crippen LogP contribution in [0.5, 0.6) is 5.75 Å². The number of fused-ring (bicyclic) bond motifs is 1. The second kappa shape index (κ2) is 6.03. The van der Waals surface area contributed by atoms with E-state index in [0.717, 1.165) is 31.7 Å². The Kier molecular flexibility index (Phi) is 4.12. The Morgan fingerprint density at radius 1 is 1.43 bits per heavy atom. The fourth-order valence-corrected chi connectivity index (χ4v) is 3.33. The smallest absolute Gasteiger partial charge is 0.322 e. The quantitative estimate of drug-likeness (QED) is 0.867. The molecule has 1 saturated heterocycles. The number of piperazine rings is 1. The van der Waals surface area contributed by atoms with Gasteiger partial charge in [0, 0.05) is 31.7 Å². The summed E-state index contributed by atoms with van der Waals surface area (Å²) in [5, 5.41) is 12.2. The molecule has 0 amide bonds. The van der Waals surface area contributed by atoms with Gasteiger partial charge in [-0.2, -0.15) is 0 Å². The van der Waals surface area contributed by atoms with Gasteiger partial charge in [0.15, 0.2) is 0 Å². The Morgan fingerprint density at radius 2 is 2.19 bits per heavy atom. The Labute approximate surface area is 124 Å². The Bertz CT molecular complexity index is 545. The number of aryl methyl sites for hydroxylation is 2. The summed E-state index contributed by atoms with van der Waals surface area (Å²) in [7, 11) is 1.71. The van der Waals surface area contributed by atoms with Crippen LogP contribution in [-0.2, 0) is 24.2 Å². The lowest BCUT2D eigenvalue weighted by Gasteiger charge is -2.32. The third-order valence-corrected chi connectivity index (χ3v) is 4.45. The highest BCUT2D eigenvalue weighted by atomic mass is 16.5. The molecule has 0 aromatic heterocycles. The number of hydrogen-bond acceptors (Lipinski definition) is 4. The summed E-state index contributed by atoms with van der Waals surface area (Å²) < 4.78 is 5.53. The van der Waals surface area contributed by atoms with Gasteiger partial charge in [-0.05, 0) is 36.5 Å². The number of hydrogen-bond donors (Lipinski definition) is 2. The van der Waals surface area contributed by atoms with Crippen LogP contribution in [0, 0.1) is 0 Å². The highest BCUT2D eigenvalue weighted by Crippen LogP contribution is 2.30. The van der Waals surface area contributed by atoms with Crippen molar-refractivity contribution in [1.82, 2.24) is 10.2 Å². The van der Waals surface area contributed by atoms with E-state index in [1.165, 1.54) is 23.1 Å². The molecule has 1 aliphatic carbocycles. The van der Waals surface area contributed by atoms with E-state index in [4.69, 9.17) is 9.84 Å². The summed E-state index contributed by atoms with van der Waals surface area (Å²) in [5.74, 6) is 0.154. The van der Waals surface area contributed by atoms with E-state index >= 15 is 0 Å². The number of carboxylic acid groups (broad SMARTS) is 1. The number of nitrogens with one attached hydrogen (secondary N) is 1. The van der Waals surface area contributed by atoms with Crippen molar-refractivity contribution in [3.63, 3.8) is 0 Å². The highest BCUT2D eigenvalue weighted by molar-refractivity contribution is 5.73. The molecule has 3 rings (SSSR count). The van der Waals surface area contributed by atoms with E-state index in [1.807, 2.05) is 0 Å². The second-order valence-corrected chi connectivity index (χ2v) is 5.87. The zero-order chi connectivity index (χ0) is 14.8. The van der Waals surface area contributed by atoms with Gasteiger partial charge in [-0.3, -0.25) is 9.69 Å². The molecule has 1 heterocycles. The molecule has 0 bridgehead atoms. The van der Waals surface area contributed by atoms with Crippen LogP contribution in [0.2, 0.25) is 0 Å². The lowest BCUT2D eigenvalue weighted by atomic mass is 10.0. The number of benzene rings is 1. The number of nitrogens with zero attached hydrogens (tertiary/aromatic N) is 1. The molecular formula is C16H22N2O3. The first-order valence-electron chi connectivity index (χ1n) is 7.54. The molecule has 5 heteroatoms. The van der Waals surface area contributed by atoms with Crippen molar-refractivity contribution in [2.75, 3.05) is 26.7 Å². The first kappa shape index (κ1) is 14.4. The van der Waals surface area contributed by atoms with Crippen molar-refractivity contribution in [3.8, 4) is 5.75 Å². The van der Waals surface area contributed by atoms with Crippen LogP contribution in [0.4, 0.5) is 0 Å². The summed E-state index contributed by atoms with van der Waals surface area (Å²) in [6.45, 7) is 2.87. The molecule has 1 fully saturated rings. The molecule has 2 N–H and O–H groups in total. The highest BCUT2D eigenvalue weighted by Gasteiger charge is 2.25. The SMILES string of the molecule is COc1cc2c(cc1CN1CCNC(C(=O)O)C1)CCC2. The van der Waals surface area contributed by atoms with Crippen molar-refractivity contribution >= 4 is 5.97 Å². The van der Waals surface area contributed by atoms with Gasteiger partial charge in [0.05, 0.1) is 7.11 Å². The predicted molar refractivity (Wildman–Crippen MR) is 79.7 cm³/mol. The van der Waals surface area contributed by atoms with Crippen molar-refractivity contribution in [2.24, 2.45) is 0 Å². The summed E-state index contributed by atoms with van der Waals surface area (Å²) in [5.41, 5.74) is 4.00. The minimum absolute atomic E-state index is 0.473. The Morgan fingerprint density at radius 3 is 2.90 bits per heavy atom. The van der Waals surface area contributed by atoms with E-state index in [-0.39, 0.29) is 0 Å². The fraction of sp³-hybridized carbons (Fsp3) is 0.562. The maximum Gasteiger partial charge on any atom is 0.322 e. The van der Waals surface area contributed by atoms with Gasteiger partial charge in [-0.1, -0.05) is 6.07 Å². The molecular weight excluding hydrogens is 268 g/mol.